The van der Waals surface area contributed by atoms with Gasteiger partial charge >= 0.3 is 18.0 Å². The average molecular weight is 866 g/mol. The van der Waals surface area contributed by atoms with Crippen LogP contribution < -0.4 is 0 Å². The van der Waals surface area contributed by atoms with Crippen LogP contribution in [0.5, 0.6) is 0 Å². The molecule has 4 aliphatic heterocycles. The molecule has 1 unspecified atom stereocenters. The lowest BCUT2D eigenvalue weighted by molar-refractivity contribution is -0.302. The SMILES string of the molecule is CC[C@@H]1OC(=O)[C@H](C)[C@H](OC(=O)C2CCOC2)[C@H](C)[C@@H](O[C@@H]2O[C@H](C)C[C@H](N(C)CC)[C@H]2O)[C@@](C)(OC)C[C@@H](C)C(=O)[C@@H](C)[C@H]2N(CCc3ccc(Cl)cc3)C(=O)O[C@]12C. The molecule has 15 atom stereocenters. The Labute approximate surface area is 361 Å². The molecule has 60 heavy (non-hydrogen) atoms. The van der Waals surface area contributed by atoms with Gasteiger partial charge in [-0.3, -0.25) is 19.3 Å². The number of ketones is 1. The molecule has 1 aromatic carbocycles. The number of halogens is 1. The molecule has 0 aliphatic carbocycles. The Morgan fingerprint density at radius 1 is 1.05 bits per heavy atom. The highest BCUT2D eigenvalue weighted by atomic mass is 35.5. The molecule has 15 heteroatoms. The number of aliphatic hydroxyl groups excluding tert-OH is 1. The minimum absolute atomic E-state index is 0.133. The van der Waals surface area contributed by atoms with Crippen LogP contribution in [-0.2, 0) is 54.0 Å². The number of methoxy groups -OCH3 is 1. The molecule has 0 aromatic heterocycles. The maximum atomic E-state index is 14.9. The quantitative estimate of drug-likeness (QED) is 0.209. The number of carbonyl (C=O) groups excluding carboxylic acids is 4. The molecule has 1 N–H and O–H groups in total. The molecule has 0 bridgehead atoms. The number of rotatable bonds is 11. The number of esters is 2. The van der Waals surface area contributed by atoms with Crippen LogP contribution in [0.25, 0.3) is 0 Å². The first-order chi connectivity index (χ1) is 28.3. The third kappa shape index (κ3) is 10.2. The molecule has 4 fully saturated rings. The van der Waals surface area contributed by atoms with E-state index in [1.54, 1.807) is 37.8 Å². The van der Waals surface area contributed by atoms with Gasteiger partial charge in [0.2, 0.25) is 0 Å². The second-order valence-electron chi connectivity index (χ2n) is 18.1. The Morgan fingerprint density at radius 3 is 2.33 bits per heavy atom. The van der Waals surface area contributed by atoms with Crippen molar-refractivity contribution in [3.63, 3.8) is 0 Å². The first-order valence-electron chi connectivity index (χ1n) is 21.8. The first-order valence-corrected chi connectivity index (χ1v) is 22.2. The average Bonchev–Trinajstić information content (AvgIpc) is 3.86. The monoisotopic (exact) mass is 864 g/mol. The van der Waals surface area contributed by atoms with Gasteiger partial charge in [0.25, 0.3) is 0 Å². The van der Waals surface area contributed by atoms with Crippen LogP contribution in [0.4, 0.5) is 4.79 Å². The summed E-state index contributed by atoms with van der Waals surface area (Å²) >= 11 is 6.15. The molecule has 0 saturated carbocycles. The van der Waals surface area contributed by atoms with E-state index in [1.165, 1.54) is 7.11 Å². The van der Waals surface area contributed by atoms with E-state index in [1.807, 2.05) is 60.7 Å². The van der Waals surface area contributed by atoms with Crippen LogP contribution in [0, 0.1) is 29.6 Å². The van der Waals surface area contributed by atoms with Crippen LogP contribution >= 0.6 is 11.6 Å². The molecule has 14 nitrogen and oxygen atoms in total. The van der Waals surface area contributed by atoms with E-state index in [2.05, 4.69) is 4.90 Å². The molecule has 0 radical (unpaired) electrons. The highest BCUT2D eigenvalue weighted by molar-refractivity contribution is 6.30. The second-order valence-corrected chi connectivity index (χ2v) is 18.5. The summed E-state index contributed by atoms with van der Waals surface area (Å²) in [6.45, 7) is 17.9. The summed E-state index contributed by atoms with van der Waals surface area (Å²) in [6.07, 6.45) is -4.28. The van der Waals surface area contributed by atoms with Crippen molar-refractivity contribution in [1.82, 2.24) is 9.80 Å². The zero-order chi connectivity index (χ0) is 44.3. The summed E-state index contributed by atoms with van der Waals surface area (Å²) in [5, 5.41) is 12.4. The van der Waals surface area contributed by atoms with E-state index in [0.29, 0.717) is 37.4 Å². The summed E-state index contributed by atoms with van der Waals surface area (Å²) < 4.78 is 44.0. The van der Waals surface area contributed by atoms with Gasteiger partial charge in [0.1, 0.15) is 24.1 Å². The molecule has 1 amide bonds. The predicted molar refractivity (Wildman–Crippen MR) is 223 cm³/mol. The van der Waals surface area contributed by atoms with Crippen LogP contribution in [-0.4, -0.2) is 139 Å². The van der Waals surface area contributed by atoms with E-state index >= 15 is 0 Å². The van der Waals surface area contributed by atoms with Crippen molar-refractivity contribution in [2.75, 3.05) is 40.5 Å². The maximum absolute atomic E-state index is 14.9. The third-order valence-electron chi connectivity index (χ3n) is 13.8. The summed E-state index contributed by atoms with van der Waals surface area (Å²) in [7, 11) is 3.47. The Balaban J connectivity index is 1.60. The summed E-state index contributed by atoms with van der Waals surface area (Å²) in [6, 6.07) is 6.24. The second kappa shape index (κ2) is 20.1. The molecular formula is C45H69ClN2O12. The smallest absolute Gasteiger partial charge is 0.410 e. The van der Waals surface area contributed by atoms with E-state index in [9.17, 15) is 24.3 Å². The van der Waals surface area contributed by atoms with Crippen molar-refractivity contribution in [3.05, 3.63) is 34.9 Å². The standard InChI is InChI=1S/C45H69ClN2O12/c1-12-34-45(9)38(48(43(53)60-45)20-18-30-14-16-32(46)17-15-30)27(5)35(49)25(3)23-44(8,54-11)39(59-42-36(50)33(47(10)13-2)22-26(4)56-42)28(6)37(29(7)40(51)57-34)58-41(52)31-19-21-55-24-31/h14-17,25-29,31,33-34,36-39,42,50H,12-13,18-24H2,1-11H3/t25-,26-,27-,28+,29-,31?,33+,34+,36-,37-,38-,39-,42+,44+,45-/m1/s1. The van der Waals surface area contributed by atoms with Gasteiger partial charge in [-0.1, -0.05) is 58.4 Å². The fourth-order valence-corrected chi connectivity index (χ4v) is 10.2. The lowest BCUT2D eigenvalue weighted by Crippen LogP contribution is -2.61. The van der Waals surface area contributed by atoms with E-state index in [-0.39, 0.29) is 43.9 Å². The number of aliphatic hydroxyl groups is 1. The van der Waals surface area contributed by atoms with Crippen LogP contribution in [0.15, 0.2) is 24.3 Å². The van der Waals surface area contributed by atoms with E-state index < -0.39 is 95.6 Å². The van der Waals surface area contributed by atoms with Gasteiger partial charge in [0.05, 0.1) is 42.3 Å². The van der Waals surface area contributed by atoms with Crippen molar-refractivity contribution in [2.24, 2.45) is 29.6 Å². The first kappa shape index (κ1) is 48.2. The van der Waals surface area contributed by atoms with Crippen LogP contribution in [0.3, 0.4) is 0 Å². The lowest BCUT2D eigenvalue weighted by atomic mass is 9.73. The van der Waals surface area contributed by atoms with Gasteiger partial charge in [-0.15, -0.1) is 0 Å². The molecule has 4 saturated heterocycles. The van der Waals surface area contributed by atoms with Crippen LogP contribution in [0.2, 0.25) is 5.02 Å². The van der Waals surface area contributed by atoms with Crippen molar-refractivity contribution in [3.8, 4) is 0 Å². The molecule has 5 rings (SSSR count). The number of hydrogen-bond donors (Lipinski definition) is 1. The summed E-state index contributed by atoms with van der Waals surface area (Å²) in [4.78, 5) is 60.9. The number of fused-ring (bicyclic) bond motifs is 1. The van der Waals surface area contributed by atoms with Crippen LogP contribution in [0.1, 0.15) is 93.6 Å². The largest absolute Gasteiger partial charge is 0.461 e. The topological polar surface area (TPSA) is 160 Å². The summed E-state index contributed by atoms with van der Waals surface area (Å²) in [5.74, 6) is -5.15. The molecule has 338 valence electrons. The lowest BCUT2D eigenvalue weighted by Gasteiger charge is -2.48. The zero-order valence-electron chi connectivity index (χ0n) is 37.4. The number of likely N-dealkylation sites (N-methyl/N-ethyl adjacent to an activating group) is 1. The Bertz CT molecular complexity index is 1640. The van der Waals surface area contributed by atoms with Gasteiger partial charge < -0.3 is 43.2 Å². The molecule has 0 spiro atoms. The van der Waals surface area contributed by atoms with Gasteiger partial charge in [-0.2, -0.15) is 0 Å². The van der Waals surface area contributed by atoms with Crippen molar-refractivity contribution >= 4 is 35.4 Å². The van der Waals surface area contributed by atoms with E-state index in [4.69, 9.17) is 44.8 Å². The van der Waals surface area contributed by atoms with Crippen molar-refractivity contribution in [1.29, 1.82) is 0 Å². The Kier molecular flexibility index (Phi) is 16.2. The highest BCUT2D eigenvalue weighted by Gasteiger charge is 2.60. The fraction of sp³-hybridized carbons (Fsp3) is 0.778. The minimum Gasteiger partial charge on any atom is -0.461 e. The normalized spacial score (nSPS) is 39.5. The third-order valence-corrected chi connectivity index (χ3v) is 14.1. The number of ether oxygens (including phenoxy) is 7. The van der Waals surface area contributed by atoms with Gasteiger partial charge in [-0.05, 0) is 91.1 Å². The number of cyclic esters (lactones) is 1. The fourth-order valence-electron chi connectivity index (χ4n) is 10.1. The Morgan fingerprint density at radius 2 is 1.73 bits per heavy atom. The number of hydrogen-bond acceptors (Lipinski definition) is 13. The predicted octanol–water partition coefficient (Wildman–Crippen LogP) is 5.86. The molecular weight excluding hydrogens is 796 g/mol. The van der Waals surface area contributed by atoms with Gasteiger partial charge in [-0.25, -0.2) is 4.79 Å². The number of carbonyl (C=O) groups is 4. The van der Waals surface area contributed by atoms with Gasteiger partial charge in [0, 0.05) is 49.1 Å². The minimum atomic E-state index is -1.43. The highest BCUT2D eigenvalue weighted by Crippen LogP contribution is 2.44. The van der Waals surface area contributed by atoms with Crippen molar-refractivity contribution in [2.45, 2.75) is 155 Å². The van der Waals surface area contributed by atoms with Crippen molar-refractivity contribution < 1.29 is 57.4 Å². The molecule has 1 aromatic rings. The molecule has 4 heterocycles. The molecule has 4 aliphatic rings. The maximum Gasteiger partial charge on any atom is 0.410 e. The number of nitrogens with zero attached hydrogens (tertiary/aromatic N) is 2. The zero-order valence-corrected chi connectivity index (χ0v) is 38.1. The Hall–Kier alpha value is -2.85. The summed E-state index contributed by atoms with van der Waals surface area (Å²) in [5.41, 5.74) is -1.76. The van der Waals surface area contributed by atoms with E-state index in [0.717, 1.165) is 5.56 Å². The number of benzene rings is 1. The number of Topliss-reactive ketones (excluding diaryl/α,β-unsaturated/α-hetero) is 1. The van der Waals surface area contributed by atoms with Gasteiger partial charge in [0.15, 0.2) is 11.9 Å². The number of amides is 1.